The number of fused-ring (bicyclic) bond motifs is 1. The van der Waals surface area contributed by atoms with Crippen LogP contribution in [0.25, 0.3) is 11.2 Å². The Kier molecular flexibility index (Phi) is 4.59. The van der Waals surface area contributed by atoms with Gasteiger partial charge in [0.05, 0.1) is 0 Å². The average molecular weight is 369 g/mol. The van der Waals surface area contributed by atoms with E-state index >= 15 is 0 Å². The number of aromatic nitrogens is 4. The number of halogens is 1. The lowest BCUT2D eigenvalue weighted by Crippen LogP contribution is -2.39. The Morgan fingerprint density at radius 3 is 2.42 bits per heavy atom. The number of hydrogen-bond acceptors (Lipinski definition) is 6. The van der Waals surface area contributed by atoms with E-state index in [1.807, 2.05) is 24.3 Å². The number of hydrogen-bond donors (Lipinski definition) is 1. The minimum Gasteiger partial charge on any atom is -0.340 e. The number of piperidine rings is 1. The van der Waals surface area contributed by atoms with Crippen LogP contribution >= 0.6 is 11.6 Å². The molecule has 0 amide bonds. The second kappa shape index (κ2) is 7.03. The average Bonchev–Trinajstić information content (AvgIpc) is 2.63. The molecular formula is C19H21ClN6. The van der Waals surface area contributed by atoms with Gasteiger partial charge in [0.1, 0.15) is 0 Å². The maximum atomic E-state index is 5.98. The molecule has 1 aliphatic heterocycles. The van der Waals surface area contributed by atoms with E-state index in [9.17, 15) is 0 Å². The standard InChI is InChI=1S/C19H21ClN6/c1-12-9-13(2)11-26(10-12)19-24-17-16(21-7-8-22-17)18(25-19)23-15-5-3-14(20)4-6-15/h3-8,12-13H,9-11H2,1-2H3,(H,22,23,24,25). The lowest BCUT2D eigenvalue weighted by molar-refractivity contribution is 0.354. The molecule has 26 heavy (non-hydrogen) atoms. The van der Waals surface area contributed by atoms with Gasteiger partial charge in [0.15, 0.2) is 17.0 Å². The molecule has 0 radical (unpaired) electrons. The van der Waals surface area contributed by atoms with Crippen LogP contribution in [0, 0.1) is 11.8 Å². The normalized spacial score (nSPS) is 20.3. The number of benzene rings is 1. The minimum atomic E-state index is 0.597. The maximum absolute atomic E-state index is 5.98. The van der Waals surface area contributed by atoms with Crippen molar-refractivity contribution in [2.24, 2.45) is 11.8 Å². The van der Waals surface area contributed by atoms with Crippen molar-refractivity contribution < 1.29 is 0 Å². The summed E-state index contributed by atoms with van der Waals surface area (Å²) in [6.07, 6.45) is 4.55. The molecule has 2 unspecified atom stereocenters. The minimum absolute atomic E-state index is 0.597. The zero-order chi connectivity index (χ0) is 18.1. The Labute approximate surface area is 157 Å². The van der Waals surface area contributed by atoms with Crippen LogP contribution < -0.4 is 10.2 Å². The molecule has 1 N–H and O–H groups in total. The molecule has 7 heteroatoms. The summed E-state index contributed by atoms with van der Waals surface area (Å²) < 4.78 is 0. The Morgan fingerprint density at radius 1 is 1.00 bits per heavy atom. The first-order valence-corrected chi connectivity index (χ1v) is 9.22. The molecule has 1 fully saturated rings. The van der Waals surface area contributed by atoms with Gasteiger partial charge in [-0.3, -0.25) is 0 Å². The van der Waals surface area contributed by atoms with E-state index < -0.39 is 0 Å². The van der Waals surface area contributed by atoms with Gasteiger partial charge in [-0.2, -0.15) is 9.97 Å². The molecule has 1 aromatic carbocycles. The van der Waals surface area contributed by atoms with Crippen molar-refractivity contribution in [3.63, 3.8) is 0 Å². The fourth-order valence-electron chi connectivity index (χ4n) is 3.58. The van der Waals surface area contributed by atoms with Gasteiger partial charge in [-0.25, -0.2) is 9.97 Å². The van der Waals surface area contributed by atoms with Crippen LogP contribution in [0.2, 0.25) is 5.02 Å². The van der Waals surface area contributed by atoms with Crippen molar-refractivity contribution in [1.29, 1.82) is 0 Å². The molecule has 3 aromatic rings. The van der Waals surface area contributed by atoms with Gasteiger partial charge in [0, 0.05) is 36.2 Å². The fraction of sp³-hybridized carbons (Fsp3) is 0.368. The summed E-state index contributed by atoms with van der Waals surface area (Å²) in [5.41, 5.74) is 2.15. The SMILES string of the molecule is CC1CC(C)CN(c2nc(Nc3ccc(Cl)cc3)c3nccnc3n2)C1. The first kappa shape index (κ1) is 17.0. The molecule has 6 nitrogen and oxygen atoms in total. The van der Waals surface area contributed by atoms with Gasteiger partial charge in [0.2, 0.25) is 5.95 Å². The highest BCUT2D eigenvalue weighted by Gasteiger charge is 2.25. The van der Waals surface area contributed by atoms with Crippen molar-refractivity contribution in [3.05, 3.63) is 41.7 Å². The summed E-state index contributed by atoms with van der Waals surface area (Å²) in [4.78, 5) is 20.5. The predicted octanol–water partition coefficient (Wildman–Crippen LogP) is 4.30. The molecule has 2 aromatic heterocycles. The molecular weight excluding hydrogens is 348 g/mol. The number of rotatable bonds is 3. The lowest BCUT2D eigenvalue weighted by atomic mass is 9.92. The molecule has 134 valence electrons. The largest absolute Gasteiger partial charge is 0.340 e. The van der Waals surface area contributed by atoms with Crippen LogP contribution in [-0.2, 0) is 0 Å². The summed E-state index contributed by atoms with van der Waals surface area (Å²) in [5, 5.41) is 4.03. The van der Waals surface area contributed by atoms with Gasteiger partial charge in [-0.1, -0.05) is 25.4 Å². The number of nitrogens with zero attached hydrogens (tertiary/aromatic N) is 5. The third kappa shape index (κ3) is 3.55. The Balaban J connectivity index is 1.74. The van der Waals surface area contributed by atoms with Crippen molar-refractivity contribution in [3.8, 4) is 0 Å². The number of nitrogens with one attached hydrogen (secondary N) is 1. The molecule has 0 spiro atoms. The highest BCUT2D eigenvalue weighted by molar-refractivity contribution is 6.30. The van der Waals surface area contributed by atoms with Crippen molar-refractivity contribution >= 4 is 40.2 Å². The quantitative estimate of drug-likeness (QED) is 0.743. The van der Waals surface area contributed by atoms with E-state index in [0.717, 1.165) is 18.8 Å². The fourth-order valence-corrected chi connectivity index (χ4v) is 3.70. The summed E-state index contributed by atoms with van der Waals surface area (Å²) in [5.74, 6) is 2.60. The van der Waals surface area contributed by atoms with Gasteiger partial charge >= 0.3 is 0 Å². The van der Waals surface area contributed by atoms with Gasteiger partial charge in [-0.15, -0.1) is 0 Å². The second-order valence-electron chi connectivity index (χ2n) is 7.08. The Hall–Kier alpha value is -2.47. The molecule has 1 aliphatic rings. The van der Waals surface area contributed by atoms with Crippen molar-refractivity contribution in [1.82, 2.24) is 19.9 Å². The van der Waals surface area contributed by atoms with Gasteiger partial charge in [-0.05, 0) is 42.5 Å². The van der Waals surface area contributed by atoms with E-state index in [1.165, 1.54) is 6.42 Å². The second-order valence-corrected chi connectivity index (χ2v) is 7.52. The van der Waals surface area contributed by atoms with Gasteiger partial charge < -0.3 is 10.2 Å². The molecule has 0 bridgehead atoms. The lowest BCUT2D eigenvalue weighted by Gasteiger charge is -2.35. The van der Waals surface area contributed by atoms with Crippen LogP contribution in [0.3, 0.4) is 0 Å². The summed E-state index contributed by atoms with van der Waals surface area (Å²) in [7, 11) is 0. The molecule has 4 rings (SSSR count). The summed E-state index contributed by atoms with van der Waals surface area (Å²) in [6.45, 7) is 6.46. The third-order valence-electron chi connectivity index (χ3n) is 4.58. The van der Waals surface area contributed by atoms with E-state index in [-0.39, 0.29) is 0 Å². The van der Waals surface area contributed by atoms with Crippen molar-refractivity contribution in [2.45, 2.75) is 20.3 Å². The Bertz CT molecular complexity index is 904. The van der Waals surface area contributed by atoms with Crippen LogP contribution in [0.1, 0.15) is 20.3 Å². The van der Waals surface area contributed by atoms with E-state index in [2.05, 4.69) is 39.0 Å². The van der Waals surface area contributed by atoms with E-state index in [4.69, 9.17) is 16.6 Å². The van der Waals surface area contributed by atoms with Gasteiger partial charge in [0.25, 0.3) is 0 Å². The highest BCUT2D eigenvalue weighted by atomic mass is 35.5. The first-order valence-electron chi connectivity index (χ1n) is 8.85. The van der Waals surface area contributed by atoms with Crippen LogP contribution in [0.15, 0.2) is 36.7 Å². The molecule has 0 aliphatic carbocycles. The van der Waals surface area contributed by atoms with Crippen LogP contribution in [0.4, 0.5) is 17.5 Å². The van der Waals surface area contributed by atoms with Crippen LogP contribution in [0.5, 0.6) is 0 Å². The topological polar surface area (TPSA) is 66.8 Å². The highest BCUT2D eigenvalue weighted by Crippen LogP contribution is 2.28. The van der Waals surface area contributed by atoms with Crippen molar-refractivity contribution in [2.75, 3.05) is 23.3 Å². The predicted molar refractivity (Wildman–Crippen MR) is 105 cm³/mol. The third-order valence-corrected chi connectivity index (χ3v) is 4.83. The molecule has 3 heterocycles. The van der Waals surface area contributed by atoms with Crippen LogP contribution in [-0.4, -0.2) is 33.0 Å². The smallest absolute Gasteiger partial charge is 0.229 e. The van der Waals surface area contributed by atoms with E-state index in [1.54, 1.807) is 12.4 Å². The number of anilines is 3. The zero-order valence-corrected chi connectivity index (χ0v) is 15.6. The first-order chi connectivity index (χ1) is 12.6. The molecule has 2 atom stereocenters. The Morgan fingerprint density at radius 2 is 1.69 bits per heavy atom. The summed E-state index contributed by atoms with van der Waals surface area (Å²) in [6, 6.07) is 7.51. The molecule has 0 saturated carbocycles. The molecule has 1 saturated heterocycles. The monoisotopic (exact) mass is 368 g/mol. The zero-order valence-electron chi connectivity index (χ0n) is 14.9. The maximum Gasteiger partial charge on any atom is 0.229 e. The van der Waals surface area contributed by atoms with E-state index in [0.29, 0.717) is 39.8 Å². The summed E-state index contributed by atoms with van der Waals surface area (Å²) >= 11 is 5.98.